The Morgan fingerprint density at radius 1 is 1.05 bits per heavy atom. The molecule has 2 fully saturated rings. The summed E-state index contributed by atoms with van der Waals surface area (Å²) in [5.74, 6) is -0.0776. The summed E-state index contributed by atoms with van der Waals surface area (Å²) in [7, 11) is -2.39. The third kappa shape index (κ3) is 6.34. The van der Waals surface area contributed by atoms with Gasteiger partial charge < -0.3 is 27.3 Å². The number of H-pyrrole nitrogens is 1. The third-order valence-electron chi connectivity index (χ3n) is 7.87. The minimum Gasteiger partial charge on any atom is -0.414 e. The van der Waals surface area contributed by atoms with Crippen LogP contribution in [0.1, 0.15) is 68.0 Å². The second kappa shape index (κ2) is 12.5. The summed E-state index contributed by atoms with van der Waals surface area (Å²) in [4.78, 5) is 40.7. The number of ether oxygens (including phenoxy) is 2. The van der Waals surface area contributed by atoms with Crippen LogP contribution in [0.5, 0.6) is 0 Å². The second-order valence-corrected chi connectivity index (χ2v) is 20.9. The van der Waals surface area contributed by atoms with Crippen molar-refractivity contribution in [2.75, 3.05) is 27.3 Å². The normalized spacial score (nSPS) is 26.6. The molecule has 0 aromatic carbocycles. The molecule has 1 N–H and O–H groups in total. The van der Waals surface area contributed by atoms with Crippen molar-refractivity contribution in [2.45, 2.75) is 109 Å². The van der Waals surface area contributed by atoms with Crippen LogP contribution in [0.2, 0.25) is 22.2 Å². The van der Waals surface area contributed by atoms with Gasteiger partial charge in [0.15, 0.2) is 6.23 Å². The van der Waals surface area contributed by atoms with E-state index in [2.05, 4.69) is 60.4 Å². The van der Waals surface area contributed by atoms with E-state index in [1.165, 1.54) is 21.7 Å². The Bertz CT molecular complexity index is 1090. The summed E-state index contributed by atoms with van der Waals surface area (Å²) in [6.07, 6.45) is -1.21. The van der Waals surface area contributed by atoms with E-state index in [-0.39, 0.29) is 47.7 Å². The maximum atomic E-state index is 12.8. The summed E-state index contributed by atoms with van der Waals surface area (Å²) in [5, 5.41) is 0. The first-order chi connectivity index (χ1) is 18.2. The lowest BCUT2D eigenvalue weighted by atomic mass is 10.1. The van der Waals surface area contributed by atoms with Crippen LogP contribution < -0.4 is 11.2 Å². The number of aromatic nitrogens is 2. The van der Waals surface area contributed by atoms with E-state index in [1.54, 1.807) is 14.1 Å². The topological polar surface area (TPSA) is 121 Å². The molecule has 0 bridgehead atoms. The molecule has 0 unspecified atom stereocenters. The van der Waals surface area contributed by atoms with Gasteiger partial charge in [-0.3, -0.25) is 19.1 Å². The molecular formula is C26H47N3O8Si2. The van der Waals surface area contributed by atoms with Gasteiger partial charge in [-0.15, -0.1) is 0 Å². The van der Waals surface area contributed by atoms with E-state index in [0.717, 1.165) is 0 Å². The number of nitrogens with one attached hydrogen (secondary N) is 1. The van der Waals surface area contributed by atoms with Gasteiger partial charge in [0, 0.05) is 26.4 Å². The van der Waals surface area contributed by atoms with Gasteiger partial charge >= 0.3 is 22.8 Å². The van der Waals surface area contributed by atoms with E-state index in [0.29, 0.717) is 0 Å². The number of hydrogen-bond donors (Lipinski definition) is 1. The smallest absolute Gasteiger partial charge is 0.335 e. The van der Waals surface area contributed by atoms with Crippen molar-refractivity contribution in [3.05, 3.63) is 33.1 Å². The van der Waals surface area contributed by atoms with Crippen LogP contribution in [0.15, 0.2) is 21.9 Å². The maximum absolute atomic E-state index is 12.8. The Morgan fingerprint density at radius 3 is 2.15 bits per heavy atom. The zero-order valence-electron chi connectivity index (χ0n) is 25.1. The standard InChI is InChI=1S/C26H47N3O8Si2/c1-16(2)38(17(3)4)34-15-20-23(36-39(37-38,18(5)6)19(7)8)24(33-14-12-22(31)28(9)10)25(35-20)29-13-11-21(30)27-26(29)32/h11,13,16-20,23-25H,12,14-15H2,1-10H3,(H,27,30,32)/t20-,23-,24-,25-/m1/s1. The molecule has 0 aliphatic carbocycles. The molecule has 4 atom stereocenters. The van der Waals surface area contributed by atoms with Crippen molar-refractivity contribution in [1.82, 2.24) is 14.5 Å². The van der Waals surface area contributed by atoms with Crippen LogP contribution in [0.4, 0.5) is 0 Å². The van der Waals surface area contributed by atoms with Crippen molar-refractivity contribution in [3.8, 4) is 0 Å². The monoisotopic (exact) mass is 585 g/mol. The SMILES string of the molecule is CC(C)[Si]1(C(C)C)OC[C@H]2O[C@@H](n3ccc(=O)[nH]c3=O)[C@H](OCCC(=O)N(C)C)[C@@H]2O[Si](C(C)C)(C(C)C)O1. The van der Waals surface area contributed by atoms with E-state index < -0.39 is 52.9 Å². The van der Waals surface area contributed by atoms with E-state index in [4.69, 9.17) is 22.4 Å². The number of nitrogens with zero attached hydrogens (tertiary/aromatic N) is 2. The lowest BCUT2D eigenvalue weighted by molar-refractivity contribution is -0.132. The van der Waals surface area contributed by atoms with Crippen molar-refractivity contribution in [3.63, 3.8) is 0 Å². The van der Waals surface area contributed by atoms with Gasteiger partial charge in [0.2, 0.25) is 5.91 Å². The maximum Gasteiger partial charge on any atom is 0.335 e. The van der Waals surface area contributed by atoms with E-state index >= 15 is 0 Å². The van der Waals surface area contributed by atoms with Gasteiger partial charge in [0.25, 0.3) is 5.56 Å². The van der Waals surface area contributed by atoms with E-state index in [1.807, 2.05) is 0 Å². The first-order valence-corrected chi connectivity index (χ1v) is 17.9. The minimum atomic E-state index is -2.98. The number of hydrogen-bond acceptors (Lipinski definition) is 8. The van der Waals surface area contributed by atoms with Crippen LogP contribution in [-0.4, -0.2) is 83.1 Å². The molecule has 0 saturated carbocycles. The van der Waals surface area contributed by atoms with Crippen LogP contribution in [0.25, 0.3) is 0 Å². The molecule has 13 heteroatoms. The highest BCUT2D eigenvalue weighted by Crippen LogP contribution is 2.48. The number of rotatable bonds is 9. The van der Waals surface area contributed by atoms with Crippen LogP contribution in [0, 0.1) is 0 Å². The van der Waals surface area contributed by atoms with Gasteiger partial charge in [-0.1, -0.05) is 55.4 Å². The molecule has 1 aromatic heterocycles. The molecular weight excluding hydrogens is 538 g/mol. The fraction of sp³-hybridized carbons (Fsp3) is 0.808. The number of amides is 1. The van der Waals surface area contributed by atoms with Crippen molar-refractivity contribution >= 4 is 23.0 Å². The minimum absolute atomic E-state index is 0.0776. The quantitative estimate of drug-likeness (QED) is 0.439. The summed E-state index contributed by atoms with van der Waals surface area (Å²) in [6, 6.07) is 1.27. The average Bonchev–Trinajstić information content (AvgIpc) is 3.14. The zero-order chi connectivity index (χ0) is 29.3. The average molecular weight is 586 g/mol. The summed E-state index contributed by atoms with van der Waals surface area (Å²) < 4.78 is 35.3. The lowest BCUT2D eigenvalue weighted by Crippen LogP contribution is -2.66. The fourth-order valence-electron chi connectivity index (χ4n) is 5.66. The van der Waals surface area contributed by atoms with Gasteiger partial charge in [0.05, 0.1) is 19.6 Å². The number of aromatic amines is 1. The molecule has 222 valence electrons. The highest BCUT2D eigenvalue weighted by molar-refractivity contribution is 6.84. The predicted molar refractivity (Wildman–Crippen MR) is 152 cm³/mol. The Hall–Kier alpha value is -1.62. The molecule has 3 heterocycles. The van der Waals surface area contributed by atoms with Crippen molar-refractivity contribution in [2.24, 2.45) is 0 Å². The highest BCUT2D eigenvalue weighted by atomic mass is 28.5. The largest absolute Gasteiger partial charge is 0.414 e. The van der Waals surface area contributed by atoms with Crippen LogP contribution in [-0.2, 0) is 27.2 Å². The van der Waals surface area contributed by atoms with Gasteiger partial charge in [-0.25, -0.2) is 4.79 Å². The van der Waals surface area contributed by atoms with Gasteiger partial charge in [0.1, 0.15) is 18.3 Å². The number of fused-ring (bicyclic) bond motifs is 1. The second-order valence-electron chi connectivity index (χ2n) is 12.0. The summed E-state index contributed by atoms with van der Waals surface area (Å²) in [6.45, 7) is 17.5. The van der Waals surface area contributed by atoms with Crippen LogP contribution >= 0.6 is 0 Å². The van der Waals surface area contributed by atoms with E-state index in [9.17, 15) is 14.4 Å². The molecule has 2 aliphatic heterocycles. The molecule has 2 aliphatic rings. The highest BCUT2D eigenvalue weighted by Gasteiger charge is 2.62. The Kier molecular flexibility index (Phi) is 10.2. The summed E-state index contributed by atoms with van der Waals surface area (Å²) in [5.41, 5.74) is -0.584. The van der Waals surface area contributed by atoms with Crippen molar-refractivity contribution in [1.29, 1.82) is 0 Å². The third-order valence-corrected chi connectivity index (χ3v) is 18.1. The molecule has 2 saturated heterocycles. The molecule has 39 heavy (non-hydrogen) atoms. The first-order valence-electron chi connectivity index (χ1n) is 14.0. The Morgan fingerprint density at radius 2 is 1.64 bits per heavy atom. The number of carbonyl (C=O) groups excluding carboxylic acids is 1. The fourth-order valence-corrected chi connectivity index (χ4v) is 16.9. The van der Waals surface area contributed by atoms with Crippen LogP contribution in [0.3, 0.4) is 0 Å². The molecule has 3 rings (SSSR count). The first kappa shape index (κ1) is 31.9. The molecule has 0 radical (unpaired) electrons. The Balaban J connectivity index is 2.10. The van der Waals surface area contributed by atoms with Gasteiger partial charge in [-0.05, 0) is 22.2 Å². The molecule has 1 aromatic rings. The Labute approximate surface area is 233 Å². The molecule has 0 spiro atoms. The molecule has 1 amide bonds. The van der Waals surface area contributed by atoms with Gasteiger partial charge in [-0.2, -0.15) is 0 Å². The number of carbonyl (C=O) groups is 1. The zero-order valence-corrected chi connectivity index (χ0v) is 27.1. The lowest BCUT2D eigenvalue weighted by Gasteiger charge is -2.51. The summed E-state index contributed by atoms with van der Waals surface area (Å²) >= 11 is 0. The molecule has 11 nitrogen and oxygen atoms in total. The van der Waals surface area contributed by atoms with Crippen molar-refractivity contribution < 1.29 is 27.2 Å². The predicted octanol–water partition coefficient (Wildman–Crippen LogP) is 3.25.